The molecule has 0 aliphatic carbocycles. The van der Waals surface area contributed by atoms with Crippen molar-refractivity contribution in [3.8, 4) is 0 Å². The Hall–Kier alpha value is -3.00. The van der Waals surface area contributed by atoms with Crippen molar-refractivity contribution in [3.63, 3.8) is 0 Å². The number of hydrogen-bond donors (Lipinski definition) is 0. The van der Waals surface area contributed by atoms with Gasteiger partial charge in [-0.25, -0.2) is 0 Å². The van der Waals surface area contributed by atoms with Crippen molar-refractivity contribution in [2.75, 3.05) is 93.6 Å². The van der Waals surface area contributed by atoms with Crippen LogP contribution in [0.3, 0.4) is 0 Å². The Morgan fingerprint density at radius 1 is 0.622 bits per heavy atom. The molecule has 3 saturated heterocycles. The molecule has 0 saturated carbocycles. The van der Waals surface area contributed by atoms with E-state index in [1.165, 1.54) is 6.07 Å². The van der Waals surface area contributed by atoms with Crippen molar-refractivity contribution in [3.05, 3.63) is 61.1 Å². The molecule has 0 bridgehead atoms. The zero-order valence-corrected chi connectivity index (χ0v) is 22.0. The van der Waals surface area contributed by atoms with Crippen LogP contribution in [0.15, 0.2) is 40.9 Å². The van der Waals surface area contributed by atoms with Gasteiger partial charge in [0.1, 0.15) is 11.4 Å². The fourth-order valence-corrected chi connectivity index (χ4v) is 4.81. The summed E-state index contributed by atoms with van der Waals surface area (Å²) in [5, 5.41) is 22.3. The van der Waals surface area contributed by atoms with E-state index in [2.05, 4.69) is 20.8 Å². The first-order chi connectivity index (χ1) is 17.9. The molecule has 3 aliphatic heterocycles. The summed E-state index contributed by atoms with van der Waals surface area (Å²) in [6, 6.07) is 10.6. The molecule has 0 radical (unpaired) electrons. The first-order valence-corrected chi connectivity index (χ1v) is 12.9. The lowest BCUT2D eigenvalue weighted by Crippen LogP contribution is -2.37. The number of morpholine rings is 3. The topological polar surface area (TPSA) is 124 Å². The van der Waals surface area contributed by atoms with Crippen molar-refractivity contribution in [2.24, 2.45) is 0 Å². The Bertz CT molecular complexity index is 1090. The second-order valence-electron chi connectivity index (χ2n) is 8.62. The van der Waals surface area contributed by atoms with Gasteiger partial charge in [0.2, 0.25) is 0 Å². The second kappa shape index (κ2) is 13.0. The first kappa shape index (κ1) is 27.0. The first-order valence-electron chi connectivity index (χ1n) is 12.1. The molecule has 3 aliphatic rings. The summed E-state index contributed by atoms with van der Waals surface area (Å²) >= 11 is 3.24. The molecule has 0 amide bonds. The number of nitrogens with zero attached hydrogens (tertiary/aromatic N) is 5. The molecule has 13 heteroatoms. The number of anilines is 3. The lowest BCUT2D eigenvalue weighted by molar-refractivity contribution is -0.384. The van der Waals surface area contributed by atoms with Gasteiger partial charge in [-0.2, -0.15) is 0 Å². The number of ether oxygens (including phenoxy) is 3. The van der Waals surface area contributed by atoms with Crippen molar-refractivity contribution >= 4 is 44.4 Å². The molecule has 0 unspecified atom stereocenters. The van der Waals surface area contributed by atoms with Crippen LogP contribution in [0.25, 0.3) is 0 Å². The molecule has 5 rings (SSSR count). The molecule has 2 aromatic carbocycles. The summed E-state index contributed by atoms with van der Waals surface area (Å²) in [6.45, 7) is 8.12. The fourth-order valence-electron chi connectivity index (χ4n) is 4.46. The van der Waals surface area contributed by atoms with Crippen LogP contribution < -0.4 is 14.7 Å². The van der Waals surface area contributed by atoms with Crippen molar-refractivity contribution in [1.29, 1.82) is 0 Å². The van der Waals surface area contributed by atoms with Gasteiger partial charge in [0.15, 0.2) is 0 Å². The highest BCUT2D eigenvalue weighted by Crippen LogP contribution is 2.33. The monoisotopic (exact) mass is 579 g/mol. The molecule has 0 spiro atoms. The molecule has 37 heavy (non-hydrogen) atoms. The third kappa shape index (κ3) is 7.06. The van der Waals surface area contributed by atoms with E-state index in [-0.39, 0.29) is 21.2 Å². The Morgan fingerprint density at radius 3 is 1.49 bits per heavy atom. The number of rotatable bonds is 5. The van der Waals surface area contributed by atoms with Gasteiger partial charge in [-0.15, -0.1) is 0 Å². The van der Waals surface area contributed by atoms with E-state index in [9.17, 15) is 20.2 Å². The van der Waals surface area contributed by atoms with Crippen molar-refractivity contribution < 1.29 is 24.1 Å². The van der Waals surface area contributed by atoms with Gasteiger partial charge in [0.25, 0.3) is 11.4 Å². The minimum atomic E-state index is -0.352. The van der Waals surface area contributed by atoms with Crippen molar-refractivity contribution in [1.82, 2.24) is 0 Å². The van der Waals surface area contributed by atoms with Crippen LogP contribution in [0.2, 0.25) is 0 Å². The van der Waals surface area contributed by atoms with Gasteiger partial charge in [-0.05, 0) is 24.3 Å². The number of halogens is 1. The average molecular weight is 580 g/mol. The number of hydrogen-bond acceptors (Lipinski definition) is 10. The van der Waals surface area contributed by atoms with E-state index < -0.39 is 0 Å². The maximum Gasteiger partial charge on any atom is 0.294 e. The predicted molar refractivity (Wildman–Crippen MR) is 143 cm³/mol. The lowest BCUT2D eigenvalue weighted by Gasteiger charge is -2.31. The quantitative estimate of drug-likeness (QED) is 0.384. The normalized spacial score (nSPS) is 18.1. The number of benzene rings is 2. The Kier molecular flexibility index (Phi) is 9.50. The van der Waals surface area contributed by atoms with E-state index in [1.54, 1.807) is 12.1 Å². The van der Waals surface area contributed by atoms with Crippen molar-refractivity contribution in [2.45, 2.75) is 0 Å². The maximum absolute atomic E-state index is 11.4. The molecule has 12 nitrogen and oxygen atoms in total. The van der Waals surface area contributed by atoms with Gasteiger partial charge in [0, 0.05) is 61.6 Å². The molecule has 0 aromatic heterocycles. The van der Waals surface area contributed by atoms with Crippen LogP contribution in [0, 0.1) is 20.2 Å². The van der Waals surface area contributed by atoms with Crippen LogP contribution in [0.4, 0.5) is 28.4 Å². The Labute approximate surface area is 223 Å². The van der Waals surface area contributed by atoms with E-state index in [0.717, 1.165) is 23.2 Å². The number of nitro benzene ring substituents is 2. The van der Waals surface area contributed by atoms with E-state index in [4.69, 9.17) is 14.2 Å². The molecular formula is C24H30BrN5O7. The summed E-state index contributed by atoms with van der Waals surface area (Å²) in [7, 11) is 0. The second-order valence-corrected chi connectivity index (χ2v) is 9.53. The molecule has 3 heterocycles. The van der Waals surface area contributed by atoms with E-state index in [0.29, 0.717) is 77.2 Å². The van der Waals surface area contributed by atoms with Crippen LogP contribution in [0.1, 0.15) is 0 Å². The zero-order chi connectivity index (χ0) is 26.2. The van der Waals surface area contributed by atoms with Gasteiger partial charge in [-0.3, -0.25) is 20.2 Å². The fraction of sp³-hybridized carbons (Fsp3) is 0.500. The summed E-state index contributed by atoms with van der Waals surface area (Å²) < 4.78 is 16.6. The minimum absolute atomic E-state index is 0.135. The third-order valence-corrected chi connectivity index (χ3v) is 6.86. The number of nitro groups is 2. The summed E-state index contributed by atoms with van der Waals surface area (Å²) in [5.74, 6) is 0. The molecule has 3 fully saturated rings. The smallest absolute Gasteiger partial charge is 0.294 e. The standard InChI is InChI=1S/C14H19N3O4.C10H11BrN2O3/c18-17(19)14-11-12(15-3-7-20-8-4-15)1-2-13(14)16-5-9-21-10-6-16;11-8-1-2-9(10(7-8)13(14)15)12-3-5-16-6-4-12/h1-2,11H,3-10H2;1-2,7H,3-6H2. The molecule has 0 atom stereocenters. The summed E-state index contributed by atoms with van der Waals surface area (Å²) in [5.41, 5.74) is 2.54. The summed E-state index contributed by atoms with van der Waals surface area (Å²) in [6.07, 6.45) is 0. The van der Waals surface area contributed by atoms with E-state index in [1.807, 2.05) is 28.0 Å². The van der Waals surface area contributed by atoms with Crippen LogP contribution in [-0.2, 0) is 14.2 Å². The zero-order valence-electron chi connectivity index (χ0n) is 20.4. The van der Waals surface area contributed by atoms with Crippen LogP contribution in [0.5, 0.6) is 0 Å². The van der Waals surface area contributed by atoms with E-state index >= 15 is 0 Å². The van der Waals surface area contributed by atoms with Crippen LogP contribution in [-0.4, -0.2) is 88.8 Å². The predicted octanol–water partition coefficient (Wildman–Crippen LogP) is 3.46. The molecule has 0 N–H and O–H groups in total. The highest BCUT2D eigenvalue weighted by molar-refractivity contribution is 9.10. The molecule has 200 valence electrons. The average Bonchev–Trinajstić information content (AvgIpc) is 2.94. The lowest BCUT2D eigenvalue weighted by atomic mass is 10.2. The van der Waals surface area contributed by atoms with Gasteiger partial charge < -0.3 is 28.9 Å². The molecule has 2 aromatic rings. The maximum atomic E-state index is 11.4. The van der Waals surface area contributed by atoms with Gasteiger partial charge in [-0.1, -0.05) is 15.9 Å². The highest BCUT2D eigenvalue weighted by atomic mass is 79.9. The summed E-state index contributed by atoms with van der Waals surface area (Å²) in [4.78, 5) is 27.8. The van der Waals surface area contributed by atoms with Crippen LogP contribution >= 0.6 is 15.9 Å². The Balaban J connectivity index is 0.000000180. The SMILES string of the molecule is O=[N+]([O-])c1cc(Br)ccc1N1CCOCC1.O=[N+]([O-])c1cc(N2CCOCC2)ccc1N1CCOCC1. The minimum Gasteiger partial charge on any atom is -0.378 e. The van der Waals surface area contributed by atoms with Gasteiger partial charge >= 0.3 is 0 Å². The highest BCUT2D eigenvalue weighted by Gasteiger charge is 2.24. The molecular weight excluding hydrogens is 550 g/mol. The van der Waals surface area contributed by atoms with Gasteiger partial charge in [0.05, 0.1) is 49.5 Å². The largest absolute Gasteiger partial charge is 0.378 e. The Morgan fingerprint density at radius 2 is 1.03 bits per heavy atom. The third-order valence-electron chi connectivity index (χ3n) is 6.37.